The normalized spacial score (nSPS) is 25.4. The summed E-state index contributed by atoms with van der Waals surface area (Å²) in [6.45, 7) is 0. The van der Waals surface area contributed by atoms with Crippen LogP contribution in [0.25, 0.3) is 0 Å². The monoisotopic (exact) mass is 432 g/mol. The number of anilines is 2. The van der Waals surface area contributed by atoms with Crippen LogP contribution in [-0.2, 0) is 9.59 Å². The molecule has 2 aromatic rings. The molecule has 6 nitrogen and oxygen atoms in total. The van der Waals surface area contributed by atoms with Crippen molar-refractivity contribution >= 4 is 51.4 Å². The van der Waals surface area contributed by atoms with Gasteiger partial charge in [-0.15, -0.1) is 11.3 Å². The Morgan fingerprint density at radius 2 is 1.55 bits per heavy atom. The van der Waals surface area contributed by atoms with Gasteiger partial charge in [0, 0.05) is 10.7 Å². The van der Waals surface area contributed by atoms with E-state index in [1.807, 2.05) is 0 Å². The number of hydrogen-bond acceptors (Lipinski definition) is 4. The molecule has 1 heterocycles. The molecule has 0 spiro atoms. The number of carbonyl (C=O) groups is 3. The molecule has 1 aromatic heterocycles. The number of halogens is 1. The molecule has 0 radical (unpaired) electrons. The summed E-state index contributed by atoms with van der Waals surface area (Å²) in [5, 5.41) is 18.0. The van der Waals surface area contributed by atoms with E-state index >= 15 is 0 Å². The maximum Gasteiger partial charge on any atom is 0.307 e. The first-order chi connectivity index (χ1) is 13.9. The second-order valence-corrected chi connectivity index (χ2v) is 9.03. The van der Waals surface area contributed by atoms with Gasteiger partial charge >= 0.3 is 5.97 Å². The van der Waals surface area contributed by atoms with Crippen molar-refractivity contribution in [3.63, 3.8) is 0 Å². The molecule has 0 unspecified atom stereocenters. The summed E-state index contributed by atoms with van der Waals surface area (Å²) in [4.78, 5) is 37.5. The lowest BCUT2D eigenvalue weighted by Gasteiger charge is -2.45. The first kappa shape index (κ1) is 19.9. The molecule has 2 bridgehead atoms. The summed E-state index contributed by atoms with van der Waals surface area (Å²) in [5.74, 6) is -2.58. The molecule has 2 amide bonds. The van der Waals surface area contributed by atoms with Gasteiger partial charge in [0.05, 0.1) is 17.4 Å². The van der Waals surface area contributed by atoms with Crippen LogP contribution < -0.4 is 10.6 Å². The van der Waals surface area contributed by atoms with Crippen LogP contribution in [-0.4, -0.2) is 22.9 Å². The highest BCUT2D eigenvalue weighted by Gasteiger charge is 2.50. The lowest BCUT2D eigenvalue weighted by Crippen LogP contribution is -2.49. The van der Waals surface area contributed by atoms with Crippen LogP contribution in [0.1, 0.15) is 36.0 Å². The predicted octanol–water partition coefficient (Wildman–Crippen LogP) is 4.73. The highest BCUT2D eigenvalue weighted by molar-refractivity contribution is 7.14. The summed E-state index contributed by atoms with van der Waals surface area (Å²) in [6.07, 6.45) is 3.53. The van der Waals surface area contributed by atoms with Gasteiger partial charge in [-0.25, -0.2) is 0 Å². The van der Waals surface area contributed by atoms with Crippen LogP contribution in [0.15, 0.2) is 35.7 Å². The molecular weight excluding hydrogens is 412 g/mol. The van der Waals surface area contributed by atoms with E-state index in [2.05, 4.69) is 10.6 Å². The van der Waals surface area contributed by atoms with Crippen molar-refractivity contribution in [1.29, 1.82) is 0 Å². The molecule has 3 saturated carbocycles. The van der Waals surface area contributed by atoms with Gasteiger partial charge in [-0.05, 0) is 73.2 Å². The van der Waals surface area contributed by atoms with Gasteiger partial charge in [-0.3, -0.25) is 14.4 Å². The van der Waals surface area contributed by atoms with Crippen molar-refractivity contribution in [2.24, 2.45) is 23.7 Å². The van der Waals surface area contributed by atoms with E-state index in [1.54, 1.807) is 35.7 Å². The number of benzene rings is 1. The molecule has 0 saturated heterocycles. The number of carboxylic acid groups (broad SMARTS) is 1. The standard InChI is InChI=1S/C21H21ClN2O4S/c22-13-5-7-14(8-6-13)23-18(25)15-9-10-29-20(15)24-19(26)16-11-1-3-12(4-2-11)17(16)21(27)28/h5-12,16-17H,1-4H2,(H,23,25)(H,24,26)(H,27,28)/t11?,12?,16-,17+/m1/s1. The third-order valence-corrected chi connectivity index (χ3v) is 7.14. The van der Waals surface area contributed by atoms with Gasteiger partial charge < -0.3 is 15.7 Å². The second-order valence-electron chi connectivity index (χ2n) is 7.68. The second kappa shape index (κ2) is 8.16. The van der Waals surface area contributed by atoms with Crippen molar-refractivity contribution in [2.45, 2.75) is 25.7 Å². The number of thiophene rings is 1. The molecule has 29 heavy (non-hydrogen) atoms. The third-order valence-electron chi connectivity index (χ3n) is 6.06. The van der Waals surface area contributed by atoms with Crippen LogP contribution in [0.3, 0.4) is 0 Å². The van der Waals surface area contributed by atoms with Gasteiger partial charge in [0.2, 0.25) is 5.91 Å². The van der Waals surface area contributed by atoms with Gasteiger partial charge in [0.25, 0.3) is 5.91 Å². The molecule has 3 fully saturated rings. The number of hydrogen-bond donors (Lipinski definition) is 3. The van der Waals surface area contributed by atoms with E-state index in [0.717, 1.165) is 25.7 Å². The van der Waals surface area contributed by atoms with Crippen LogP contribution in [0.2, 0.25) is 5.02 Å². The Balaban J connectivity index is 1.49. The molecule has 3 aliphatic carbocycles. The van der Waals surface area contributed by atoms with Crippen molar-refractivity contribution < 1.29 is 19.5 Å². The fourth-order valence-corrected chi connectivity index (χ4v) is 5.61. The number of amides is 2. The van der Waals surface area contributed by atoms with Gasteiger partial charge in [-0.2, -0.15) is 0 Å². The number of rotatable bonds is 5. The Hall–Kier alpha value is -2.38. The van der Waals surface area contributed by atoms with E-state index in [9.17, 15) is 19.5 Å². The lowest BCUT2D eigenvalue weighted by molar-refractivity contribution is -0.156. The lowest BCUT2D eigenvalue weighted by atomic mass is 9.58. The minimum absolute atomic E-state index is 0.0595. The number of fused-ring (bicyclic) bond motifs is 3. The molecule has 8 heteroatoms. The van der Waals surface area contributed by atoms with E-state index in [-0.39, 0.29) is 23.7 Å². The van der Waals surface area contributed by atoms with Crippen molar-refractivity contribution in [1.82, 2.24) is 0 Å². The fraction of sp³-hybridized carbons (Fsp3) is 0.381. The molecule has 1 aromatic carbocycles. The third kappa shape index (κ3) is 4.02. The van der Waals surface area contributed by atoms with Crippen LogP contribution >= 0.6 is 22.9 Å². The van der Waals surface area contributed by atoms with E-state index in [1.165, 1.54) is 11.3 Å². The summed E-state index contributed by atoms with van der Waals surface area (Å²) < 4.78 is 0. The van der Waals surface area contributed by atoms with Crippen LogP contribution in [0.5, 0.6) is 0 Å². The Morgan fingerprint density at radius 1 is 0.931 bits per heavy atom. The molecule has 152 valence electrons. The average Bonchev–Trinajstić information content (AvgIpc) is 3.18. The zero-order valence-electron chi connectivity index (χ0n) is 15.6. The Bertz CT molecular complexity index is 934. The van der Waals surface area contributed by atoms with Crippen molar-refractivity contribution in [3.05, 3.63) is 46.3 Å². The summed E-state index contributed by atoms with van der Waals surface area (Å²) in [6, 6.07) is 8.39. The Kier molecular flexibility index (Phi) is 5.61. The van der Waals surface area contributed by atoms with Gasteiger partial charge in [-0.1, -0.05) is 11.6 Å². The highest BCUT2D eigenvalue weighted by atomic mass is 35.5. The van der Waals surface area contributed by atoms with Crippen LogP contribution in [0.4, 0.5) is 10.7 Å². The van der Waals surface area contributed by atoms with Crippen LogP contribution in [0, 0.1) is 23.7 Å². The fourth-order valence-electron chi connectivity index (χ4n) is 4.69. The van der Waals surface area contributed by atoms with Crippen molar-refractivity contribution in [2.75, 3.05) is 10.6 Å². The highest BCUT2D eigenvalue weighted by Crippen LogP contribution is 2.49. The maximum absolute atomic E-state index is 13.0. The minimum atomic E-state index is -0.897. The van der Waals surface area contributed by atoms with E-state index < -0.39 is 17.8 Å². The molecule has 3 aliphatic rings. The number of aliphatic carboxylic acids is 1. The quantitative estimate of drug-likeness (QED) is 0.636. The maximum atomic E-state index is 13.0. The molecule has 5 rings (SSSR count). The van der Waals surface area contributed by atoms with Gasteiger partial charge in [0.1, 0.15) is 5.00 Å². The number of carboxylic acids is 1. The topological polar surface area (TPSA) is 95.5 Å². The Labute approximate surface area is 177 Å². The molecular formula is C21H21ClN2O4S. The predicted molar refractivity (Wildman–Crippen MR) is 112 cm³/mol. The SMILES string of the molecule is O=C(Nc1ccc(Cl)cc1)c1ccsc1NC(=O)[C@@H]1C2CCC(CC2)[C@@H]1C(=O)O. The summed E-state index contributed by atoms with van der Waals surface area (Å²) in [5.41, 5.74) is 0.949. The molecule has 3 N–H and O–H groups in total. The summed E-state index contributed by atoms with van der Waals surface area (Å²) >= 11 is 7.12. The van der Waals surface area contributed by atoms with Crippen molar-refractivity contribution in [3.8, 4) is 0 Å². The Morgan fingerprint density at radius 3 is 2.17 bits per heavy atom. The average molecular weight is 433 g/mol. The molecule has 2 atom stereocenters. The minimum Gasteiger partial charge on any atom is -0.481 e. The molecule has 0 aliphatic heterocycles. The summed E-state index contributed by atoms with van der Waals surface area (Å²) in [7, 11) is 0. The first-order valence-electron chi connectivity index (χ1n) is 9.62. The smallest absolute Gasteiger partial charge is 0.307 e. The largest absolute Gasteiger partial charge is 0.481 e. The zero-order valence-corrected chi connectivity index (χ0v) is 17.1. The first-order valence-corrected chi connectivity index (χ1v) is 10.9. The van der Waals surface area contributed by atoms with Gasteiger partial charge in [0.15, 0.2) is 0 Å². The van der Waals surface area contributed by atoms with E-state index in [0.29, 0.717) is 21.3 Å². The number of nitrogens with one attached hydrogen (secondary N) is 2. The zero-order chi connectivity index (χ0) is 20.5. The number of carbonyl (C=O) groups excluding carboxylic acids is 2. The van der Waals surface area contributed by atoms with E-state index in [4.69, 9.17) is 11.6 Å².